The van der Waals surface area contributed by atoms with E-state index in [1.807, 2.05) is 13.8 Å². The summed E-state index contributed by atoms with van der Waals surface area (Å²) in [6.07, 6.45) is 1.41. The molecule has 4 N–H and O–H groups in total. The predicted octanol–water partition coefficient (Wildman–Crippen LogP) is -0.387. The molecule has 2 fully saturated rings. The number of ketones is 1. The molecule has 0 radical (unpaired) electrons. The average molecular weight is 401 g/mol. The van der Waals surface area contributed by atoms with E-state index < -0.39 is 5.54 Å². The molecule has 2 rings (SSSR count). The van der Waals surface area contributed by atoms with Gasteiger partial charge in [-0.2, -0.15) is 0 Å². The first-order valence-corrected chi connectivity index (χ1v) is 10.5. The zero-order valence-electron chi connectivity index (χ0n) is 18.0. The van der Waals surface area contributed by atoms with Crippen molar-refractivity contribution >= 4 is 5.78 Å². The van der Waals surface area contributed by atoms with Crippen LogP contribution in [0.1, 0.15) is 26.7 Å². The maximum atomic E-state index is 13.5. The highest BCUT2D eigenvalue weighted by Gasteiger charge is 2.47. The van der Waals surface area contributed by atoms with Crippen LogP contribution in [0.4, 0.5) is 0 Å². The number of nitrogens with zero attached hydrogens (tertiary/aromatic N) is 1. The Balaban J connectivity index is 2.01. The van der Waals surface area contributed by atoms with Crippen molar-refractivity contribution in [2.24, 2.45) is 11.7 Å². The first-order valence-electron chi connectivity index (χ1n) is 10.5. The van der Waals surface area contributed by atoms with Gasteiger partial charge in [-0.15, -0.1) is 0 Å². The van der Waals surface area contributed by atoms with Crippen molar-refractivity contribution in [3.8, 4) is 0 Å². The lowest BCUT2D eigenvalue weighted by Crippen LogP contribution is -2.60. The van der Waals surface area contributed by atoms with Gasteiger partial charge in [-0.05, 0) is 26.7 Å². The Morgan fingerprint density at radius 3 is 2.25 bits per heavy atom. The Kier molecular flexibility index (Phi) is 9.76. The SMILES string of the molecule is COC1CC(N2CCOCC2)CC(OC)C1C(=O)C(C)(C)NCCNCCN. The quantitative estimate of drug-likeness (QED) is 0.404. The molecular weight excluding hydrogens is 360 g/mol. The van der Waals surface area contributed by atoms with Crippen LogP contribution in [0.15, 0.2) is 0 Å². The maximum absolute atomic E-state index is 13.5. The van der Waals surface area contributed by atoms with E-state index in [2.05, 4.69) is 15.5 Å². The number of ether oxygens (including phenoxy) is 3. The Labute approximate surface area is 169 Å². The second-order valence-corrected chi connectivity index (χ2v) is 8.30. The van der Waals surface area contributed by atoms with Gasteiger partial charge in [0.15, 0.2) is 5.78 Å². The van der Waals surface area contributed by atoms with Gasteiger partial charge in [0.25, 0.3) is 0 Å². The normalized spacial score (nSPS) is 29.8. The van der Waals surface area contributed by atoms with Gasteiger partial charge in [0, 0.05) is 59.5 Å². The van der Waals surface area contributed by atoms with Gasteiger partial charge in [0.2, 0.25) is 0 Å². The van der Waals surface area contributed by atoms with Crippen molar-refractivity contribution < 1.29 is 19.0 Å². The number of methoxy groups -OCH3 is 2. The number of carbonyl (C=O) groups is 1. The van der Waals surface area contributed by atoms with Gasteiger partial charge in [-0.3, -0.25) is 9.69 Å². The molecule has 1 aliphatic carbocycles. The zero-order chi connectivity index (χ0) is 20.6. The van der Waals surface area contributed by atoms with Crippen molar-refractivity contribution in [1.29, 1.82) is 0 Å². The lowest BCUT2D eigenvalue weighted by molar-refractivity contribution is -0.149. The Morgan fingerprint density at radius 1 is 1.11 bits per heavy atom. The Hall–Kier alpha value is -0.610. The van der Waals surface area contributed by atoms with Crippen LogP contribution >= 0.6 is 0 Å². The second kappa shape index (κ2) is 11.5. The van der Waals surface area contributed by atoms with Crippen LogP contribution in [0.3, 0.4) is 0 Å². The van der Waals surface area contributed by atoms with Gasteiger partial charge in [0.05, 0.1) is 36.9 Å². The molecule has 8 heteroatoms. The van der Waals surface area contributed by atoms with Crippen LogP contribution in [0.25, 0.3) is 0 Å². The van der Waals surface area contributed by atoms with E-state index in [0.717, 1.165) is 52.2 Å². The number of hydrogen-bond donors (Lipinski definition) is 3. The van der Waals surface area contributed by atoms with Gasteiger partial charge in [-0.1, -0.05) is 0 Å². The summed E-state index contributed by atoms with van der Waals surface area (Å²) >= 11 is 0. The van der Waals surface area contributed by atoms with E-state index in [0.29, 0.717) is 19.1 Å². The van der Waals surface area contributed by atoms with E-state index in [-0.39, 0.29) is 23.9 Å². The van der Waals surface area contributed by atoms with Gasteiger partial charge >= 0.3 is 0 Å². The molecule has 28 heavy (non-hydrogen) atoms. The number of Topliss-reactive ketones (excluding diaryl/α,β-unsaturated/α-hetero) is 1. The molecule has 1 saturated carbocycles. The third-order valence-electron chi connectivity index (χ3n) is 6.09. The largest absolute Gasteiger partial charge is 0.381 e. The number of nitrogens with one attached hydrogen (secondary N) is 2. The average Bonchev–Trinajstić information content (AvgIpc) is 2.72. The number of carbonyl (C=O) groups excluding carboxylic acids is 1. The van der Waals surface area contributed by atoms with Crippen molar-refractivity contribution in [2.45, 2.75) is 50.5 Å². The first kappa shape index (κ1) is 23.7. The monoisotopic (exact) mass is 400 g/mol. The summed E-state index contributed by atoms with van der Waals surface area (Å²) in [6, 6.07) is 0.361. The summed E-state index contributed by atoms with van der Waals surface area (Å²) < 4.78 is 17.1. The highest BCUT2D eigenvalue weighted by molar-refractivity contribution is 5.90. The van der Waals surface area contributed by atoms with Crippen molar-refractivity contribution in [1.82, 2.24) is 15.5 Å². The van der Waals surface area contributed by atoms with E-state index in [1.54, 1.807) is 14.2 Å². The van der Waals surface area contributed by atoms with Crippen molar-refractivity contribution in [2.75, 3.05) is 66.7 Å². The van der Waals surface area contributed by atoms with Crippen LogP contribution in [0.5, 0.6) is 0 Å². The summed E-state index contributed by atoms with van der Waals surface area (Å²) in [4.78, 5) is 15.9. The highest BCUT2D eigenvalue weighted by atomic mass is 16.5. The topological polar surface area (TPSA) is 98.1 Å². The van der Waals surface area contributed by atoms with Crippen LogP contribution in [-0.2, 0) is 19.0 Å². The third kappa shape index (κ3) is 6.19. The lowest BCUT2D eigenvalue weighted by atomic mass is 9.73. The number of rotatable bonds is 11. The van der Waals surface area contributed by atoms with E-state index in [9.17, 15) is 4.79 Å². The van der Waals surface area contributed by atoms with E-state index in [1.165, 1.54) is 0 Å². The number of nitrogens with two attached hydrogens (primary N) is 1. The molecule has 2 unspecified atom stereocenters. The summed E-state index contributed by atoms with van der Waals surface area (Å²) in [6.45, 7) is 10.2. The zero-order valence-corrected chi connectivity index (χ0v) is 18.0. The van der Waals surface area contributed by atoms with Crippen molar-refractivity contribution in [3.05, 3.63) is 0 Å². The molecule has 1 aliphatic heterocycles. The molecule has 2 atom stereocenters. The summed E-state index contributed by atoms with van der Waals surface area (Å²) in [5.74, 6) is -0.114. The Bertz CT molecular complexity index is 457. The number of morpholine rings is 1. The van der Waals surface area contributed by atoms with Crippen LogP contribution in [0.2, 0.25) is 0 Å². The minimum atomic E-state index is -0.644. The molecule has 0 aromatic heterocycles. The van der Waals surface area contributed by atoms with E-state index >= 15 is 0 Å². The summed E-state index contributed by atoms with van der Waals surface area (Å²) in [5, 5.41) is 6.63. The first-order chi connectivity index (χ1) is 13.4. The maximum Gasteiger partial charge on any atom is 0.160 e. The van der Waals surface area contributed by atoms with Crippen LogP contribution in [0, 0.1) is 5.92 Å². The molecular formula is C20H40N4O4. The molecule has 164 valence electrons. The lowest BCUT2D eigenvalue weighted by Gasteiger charge is -2.46. The fourth-order valence-corrected chi connectivity index (χ4v) is 4.42. The summed E-state index contributed by atoms with van der Waals surface area (Å²) in [5.41, 5.74) is 4.85. The molecule has 0 aromatic carbocycles. The third-order valence-corrected chi connectivity index (χ3v) is 6.09. The predicted molar refractivity (Wildman–Crippen MR) is 110 cm³/mol. The van der Waals surface area contributed by atoms with Crippen LogP contribution in [-0.4, -0.2) is 101 Å². The molecule has 0 bridgehead atoms. The molecule has 1 heterocycles. The second-order valence-electron chi connectivity index (χ2n) is 8.30. The number of hydrogen-bond acceptors (Lipinski definition) is 8. The van der Waals surface area contributed by atoms with Gasteiger partial charge in [-0.25, -0.2) is 0 Å². The fourth-order valence-electron chi connectivity index (χ4n) is 4.42. The van der Waals surface area contributed by atoms with Crippen LogP contribution < -0.4 is 16.4 Å². The van der Waals surface area contributed by atoms with Crippen molar-refractivity contribution in [3.63, 3.8) is 0 Å². The molecule has 1 saturated heterocycles. The minimum absolute atomic E-state index is 0.143. The van der Waals surface area contributed by atoms with E-state index in [4.69, 9.17) is 19.9 Å². The standard InChI is InChI=1S/C20H40N4O4/c1-20(2,23-8-7-22-6-5-21)19(25)18-16(26-3)13-15(14-17(18)27-4)24-9-11-28-12-10-24/h15-18,22-23H,5-14,21H2,1-4H3. The van der Waals surface area contributed by atoms with Gasteiger partial charge < -0.3 is 30.6 Å². The molecule has 0 aromatic rings. The smallest absolute Gasteiger partial charge is 0.160 e. The Morgan fingerprint density at radius 2 is 1.71 bits per heavy atom. The van der Waals surface area contributed by atoms with Gasteiger partial charge in [0.1, 0.15) is 0 Å². The highest BCUT2D eigenvalue weighted by Crippen LogP contribution is 2.35. The fraction of sp³-hybridized carbons (Fsp3) is 0.950. The molecule has 8 nitrogen and oxygen atoms in total. The summed E-state index contributed by atoms with van der Waals surface area (Å²) in [7, 11) is 3.41. The molecule has 0 spiro atoms. The molecule has 0 amide bonds. The minimum Gasteiger partial charge on any atom is -0.381 e. The molecule has 2 aliphatic rings.